The van der Waals surface area contributed by atoms with E-state index in [1.807, 2.05) is 0 Å². The number of esters is 2. The quantitative estimate of drug-likeness (QED) is 0.0466. The summed E-state index contributed by atoms with van der Waals surface area (Å²) >= 11 is 0. The van der Waals surface area contributed by atoms with E-state index in [2.05, 4.69) is 45.0 Å². The highest BCUT2D eigenvalue weighted by molar-refractivity contribution is 7.70. The number of methoxy groups -OCH3 is 1. The van der Waals surface area contributed by atoms with Crippen molar-refractivity contribution in [3.05, 3.63) is 93.9 Å². The molecule has 30 nitrogen and oxygen atoms in total. The molecule has 0 saturated carbocycles. The molecule has 5 aliphatic rings. The van der Waals surface area contributed by atoms with Crippen molar-refractivity contribution in [2.24, 2.45) is 39.6 Å². The van der Waals surface area contributed by atoms with Gasteiger partial charge in [0.25, 0.3) is 11.7 Å². The molecule has 0 aliphatic carbocycles. The van der Waals surface area contributed by atoms with Gasteiger partial charge in [-0.15, -0.1) is 0 Å². The number of carbonyl (C=O) groups excluding carboxylic acids is 8. The Morgan fingerprint density at radius 3 is 2.10 bits per heavy atom. The predicted octanol–water partition coefficient (Wildman–Crippen LogP) is 3.31. The number of piperidine rings is 1. The summed E-state index contributed by atoms with van der Waals surface area (Å²) in [7, 11) is -8.03. The lowest BCUT2D eigenvalue weighted by molar-refractivity contribution is -0.166. The molecule has 97 heavy (non-hydrogen) atoms. The molecule has 5 aliphatic heterocycles. The standard InChI is InChI=1S/C65H88N8O22P2/c1-33(2)31-73-26-24-65(25-27-73)70-52-48-49-56(80)39(8)60-50(48)61(82)64(10,95-60)92-28-23-42(91-12)36(5)59(93-40(9)74)38(7)55(79)37(6)58(34(3)17-16-18-35(4)62(83)69-54(57(49)81)53(52)71-65)94-46(78)32-72(11)45(77)30-67-63(84)51(41-19-14-13-15-20-41)68-44(76)29-66-43(75)21-22-47(96(85,86)87)97(88,89)90/h13-20,23,28,33-34,36-38,42,47,51,55,58-59,70,79-81H,21-22,24-27,29-32H2,1-12H3,(H,66,75)(H,67,84)(H,68,76)(H2,85,86,87)(H2,88,89,90)/b17-16+,28-23+,35-18-,69-54?/t34-,36+,37-,38+,42-,51+,55+,58-,59+,64-/m0/s1. The lowest BCUT2D eigenvalue weighted by atomic mass is 9.78. The second-order valence-corrected chi connectivity index (χ2v) is 29.8. The molecule has 1 spiro atoms. The molecule has 1 saturated heterocycles. The Balaban J connectivity index is 1.17. The number of nitrogens with zero attached hydrogens (tertiary/aromatic N) is 4. The highest BCUT2D eigenvalue weighted by Crippen LogP contribution is 2.61. The third-order valence-electron chi connectivity index (χ3n) is 17.9. The van der Waals surface area contributed by atoms with Crippen molar-refractivity contribution in [1.29, 1.82) is 0 Å². The van der Waals surface area contributed by atoms with E-state index in [9.17, 15) is 77.6 Å². The number of aliphatic hydroxyl groups is 1. The van der Waals surface area contributed by atoms with Gasteiger partial charge >= 0.3 is 32.9 Å². The Kier molecular flexibility index (Phi) is 24.7. The molecule has 1 fully saturated rings. The summed E-state index contributed by atoms with van der Waals surface area (Å²) in [4.78, 5) is 160. The zero-order valence-corrected chi connectivity index (χ0v) is 57.9. The van der Waals surface area contributed by atoms with Crippen LogP contribution in [0.1, 0.15) is 116 Å². The van der Waals surface area contributed by atoms with Crippen LogP contribution in [0.15, 0.2) is 76.5 Å². The van der Waals surface area contributed by atoms with Crippen molar-refractivity contribution >= 4 is 78.9 Å². The van der Waals surface area contributed by atoms with Gasteiger partial charge < -0.3 is 89.6 Å². The SMILES string of the molecule is CO[C@H]1/C=C/O[C@@]2(C)Oc3c(C)c(O)c4c(O)c(c5c(c4c3C2=O)NC2(CCN(CC(C)C)CC2)N=5)=NC(=O)/C(C)=C\C=C\[C@H](C)[C@H](OC(=O)CN(C)C(=O)CNC(=O)[C@H](NC(=O)CNC(=O)CCC(P(=O)(O)O)P(=O)(O)O)c2ccccc2)[C@@H](C)[C@@H](O)[C@@H](C)[C@H](OC(C)=O)[C@@H]1C. The molecule has 5 bridgehead atoms. The zero-order chi connectivity index (χ0) is 72.0. The van der Waals surface area contributed by atoms with E-state index < -0.39 is 177 Å². The zero-order valence-electron chi connectivity index (χ0n) is 56.1. The minimum absolute atomic E-state index is 0.0273. The first-order valence-corrected chi connectivity index (χ1v) is 35.0. The number of ether oxygens (including phenoxy) is 5. The monoisotopic (exact) mass is 1390 g/mol. The fourth-order valence-corrected chi connectivity index (χ4v) is 15.0. The lowest BCUT2D eigenvalue weighted by Gasteiger charge is -2.39. The van der Waals surface area contributed by atoms with E-state index in [4.69, 9.17) is 28.7 Å². The number of anilines is 1. The lowest BCUT2D eigenvalue weighted by Crippen LogP contribution is -2.48. The number of aromatic hydroxyl groups is 2. The summed E-state index contributed by atoms with van der Waals surface area (Å²) in [5, 5.41) is 44.6. The number of aliphatic hydroxyl groups excluding tert-OH is 1. The van der Waals surface area contributed by atoms with Gasteiger partial charge in [-0.25, -0.2) is 4.99 Å². The normalized spacial score (nSPS) is 25.3. The Hall–Kier alpha value is -7.92. The van der Waals surface area contributed by atoms with Gasteiger partial charge in [0.15, 0.2) is 11.1 Å². The van der Waals surface area contributed by atoms with E-state index in [1.54, 1.807) is 52.0 Å². The van der Waals surface area contributed by atoms with E-state index in [0.29, 0.717) is 31.8 Å². The number of likely N-dealkylation sites (N-methyl/N-ethyl adjacent to an activating group) is 1. The van der Waals surface area contributed by atoms with E-state index in [0.717, 1.165) is 11.4 Å². The van der Waals surface area contributed by atoms with Crippen LogP contribution in [0.5, 0.6) is 17.2 Å². The first-order chi connectivity index (χ1) is 45.3. The van der Waals surface area contributed by atoms with Crippen LogP contribution < -0.4 is 36.7 Å². The van der Waals surface area contributed by atoms with Crippen molar-refractivity contribution in [2.75, 3.05) is 58.7 Å². The minimum atomic E-state index is -5.33. The highest BCUT2D eigenvalue weighted by Gasteiger charge is 2.51. The van der Waals surface area contributed by atoms with Crippen LogP contribution in [0.25, 0.3) is 10.8 Å². The third kappa shape index (κ3) is 17.9. The van der Waals surface area contributed by atoms with Gasteiger partial charge in [-0.3, -0.25) is 52.5 Å². The number of allylic oxidation sites excluding steroid dienone is 2. The number of fused-ring (bicyclic) bond motifs is 13. The summed E-state index contributed by atoms with van der Waals surface area (Å²) in [5.41, 5.74) is -0.426. The number of rotatable bonds is 19. The van der Waals surface area contributed by atoms with E-state index >= 15 is 4.79 Å². The first-order valence-electron chi connectivity index (χ1n) is 31.6. The van der Waals surface area contributed by atoms with Crippen LogP contribution in [-0.2, 0) is 61.6 Å². The summed E-state index contributed by atoms with van der Waals surface area (Å²) < 4.78 is 53.8. The fourth-order valence-electron chi connectivity index (χ4n) is 12.5. The van der Waals surface area contributed by atoms with Crippen molar-refractivity contribution in [1.82, 2.24) is 25.8 Å². The van der Waals surface area contributed by atoms with Crippen LogP contribution in [0, 0.1) is 36.5 Å². The van der Waals surface area contributed by atoms with Gasteiger partial charge in [0.1, 0.15) is 52.7 Å². The summed E-state index contributed by atoms with van der Waals surface area (Å²) in [6, 6.07) is 6.21. The van der Waals surface area contributed by atoms with Crippen molar-refractivity contribution in [3.63, 3.8) is 0 Å². The number of phenolic OH excluding ortho intramolecular Hbond substituents is 2. The molecule has 11 N–H and O–H groups in total. The van der Waals surface area contributed by atoms with Crippen molar-refractivity contribution < 1.29 is 106 Å². The van der Waals surface area contributed by atoms with Crippen LogP contribution in [0.4, 0.5) is 5.69 Å². The molecule has 10 atom stereocenters. The molecular weight excluding hydrogens is 1310 g/mol. The Bertz CT molecular complexity index is 3840. The van der Waals surface area contributed by atoms with Gasteiger partial charge in [0.05, 0.1) is 48.2 Å². The Labute approximate surface area is 560 Å². The minimum Gasteiger partial charge on any atom is -0.507 e. The number of Topliss-reactive ketones (excluding diaryl/α,β-unsaturated/α-hetero) is 1. The molecule has 5 amide bonds. The molecule has 5 heterocycles. The second-order valence-electron chi connectivity index (χ2n) is 25.8. The number of hydrogen-bond donors (Lipinski definition) is 11. The molecule has 0 radical (unpaired) electrons. The predicted molar refractivity (Wildman–Crippen MR) is 350 cm³/mol. The van der Waals surface area contributed by atoms with E-state index in [-0.39, 0.29) is 55.2 Å². The average Bonchev–Trinajstić information content (AvgIpc) is 1.57. The number of carbonyl (C=O) groups is 8. The molecule has 3 aromatic carbocycles. The van der Waals surface area contributed by atoms with E-state index in [1.165, 1.54) is 78.5 Å². The summed E-state index contributed by atoms with van der Waals surface area (Å²) in [6.45, 7) is 16.2. The number of benzene rings is 3. The largest absolute Gasteiger partial charge is 0.507 e. The number of amides is 5. The van der Waals surface area contributed by atoms with Gasteiger partial charge in [-0.05, 0) is 37.8 Å². The molecule has 32 heteroatoms. The number of nitrogens with one attached hydrogen (secondary N) is 4. The first kappa shape index (κ1) is 76.4. The van der Waals surface area contributed by atoms with Crippen LogP contribution >= 0.6 is 15.2 Å². The fraction of sp³-hybridized carbons (Fsp3) is 0.538. The molecule has 0 aromatic heterocycles. The molecule has 8 rings (SSSR count). The Morgan fingerprint density at radius 2 is 1.49 bits per heavy atom. The number of likely N-dealkylation sites (tertiary alicyclic amines) is 1. The summed E-state index contributed by atoms with van der Waals surface area (Å²) in [6.07, 6.45) is 1.71. The van der Waals surface area contributed by atoms with Crippen LogP contribution in [0.3, 0.4) is 0 Å². The number of ketones is 1. The van der Waals surface area contributed by atoms with Gasteiger partial charge in [0.2, 0.25) is 23.6 Å². The molecule has 530 valence electrons. The second kappa shape index (κ2) is 31.3. The smallest absolute Gasteiger partial charge is 0.340 e. The van der Waals surface area contributed by atoms with Crippen LogP contribution in [0.2, 0.25) is 0 Å². The number of phenols is 2. The summed E-state index contributed by atoms with van der Waals surface area (Å²) in [5.74, 6) is -13.2. The van der Waals surface area contributed by atoms with Gasteiger partial charge in [-0.1, -0.05) is 90.1 Å². The maximum Gasteiger partial charge on any atom is 0.340 e. The van der Waals surface area contributed by atoms with Crippen molar-refractivity contribution in [2.45, 2.75) is 142 Å². The van der Waals surface area contributed by atoms with Gasteiger partial charge in [-0.2, -0.15) is 0 Å². The highest BCUT2D eigenvalue weighted by atomic mass is 31.2. The molecular formula is C65H88N8O22P2. The van der Waals surface area contributed by atoms with Crippen LogP contribution in [-0.4, -0.2) is 187 Å². The van der Waals surface area contributed by atoms with Gasteiger partial charge in [0, 0.05) is 107 Å². The van der Waals surface area contributed by atoms with Crippen molar-refractivity contribution in [3.8, 4) is 17.2 Å². The number of hydrogen-bond acceptors (Lipinski definition) is 21. The third-order valence-corrected chi connectivity index (χ3v) is 21.8. The topological polar surface area (TPSA) is 438 Å². The Morgan fingerprint density at radius 1 is 0.856 bits per heavy atom. The average molecular weight is 1400 g/mol. The maximum absolute atomic E-state index is 15.0. The maximum atomic E-state index is 15.0. The molecule has 0 unspecified atom stereocenters. The molecule has 3 aromatic rings.